The highest BCUT2D eigenvalue weighted by molar-refractivity contribution is 9.11. The molecule has 0 atom stereocenters. The zero-order valence-electron chi connectivity index (χ0n) is 24.8. The molecule has 0 aliphatic rings. The number of ketones is 1. The van der Waals surface area contributed by atoms with Crippen molar-refractivity contribution in [3.05, 3.63) is 127 Å². The first-order chi connectivity index (χ1) is 23.8. The lowest BCUT2D eigenvalue weighted by molar-refractivity contribution is -0.265. The van der Waals surface area contributed by atoms with Crippen LogP contribution in [-0.4, -0.2) is 22.6 Å². The number of rotatable bonds is 8. The molecule has 17 heteroatoms. The minimum Gasteiger partial charge on any atom is -0.867 e. The van der Waals surface area contributed by atoms with E-state index < -0.39 is 63.3 Å². The number of halogens is 2. The first-order valence-corrected chi connectivity index (χ1v) is 18.4. The van der Waals surface area contributed by atoms with Gasteiger partial charge in [-0.3, -0.25) is 4.79 Å². The molecule has 248 valence electrons. The van der Waals surface area contributed by atoms with Crippen molar-refractivity contribution < 1.29 is 40.2 Å². The van der Waals surface area contributed by atoms with Crippen LogP contribution in [0.5, 0.6) is 23.0 Å². The highest BCUT2D eigenvalue weighted by Crippen LogP contribution is 2.47. The molecule has 6 rings (SSSR count). The molecule has 0 N–H and O–H groups in total. The number of benzene rings is 6. The molecule has 0 aliphatic carbocycles. The molecular formula is C33H16Br2N4O9S2. The van der Waals surface area contributed by atoms with Gasteiger partial charge in [0, 0.05) is 28.5 Å². The van der Waals surface area contributed by atoms with Crippen molar-refractivity contribution in [2.45, 2.75) is 9.79 Å². The van der Waals surface area contributed by atoms with Gasteiger partial charge in [0.25, 0.3) is 0 Å². The Labute approximate surface area is 300 Å². The Morgan fingerprint density at radius 3 is 1.58 bits per heavy atom. The number of carbonyl (C=O) groups excluding carboxylic acids is 1. The van der Waals surface area contributed by atoms with Gasteiger partial charge in [0.2, 0.25) is 10.8 Å². The van der Waals surface area contributed by atoms with Crippen molar-refractivity contribution in [1.29, 1.82) is 10.8 Å². The summed E-state index contributed by atoms with van der Waals surface area (Å²) < 4.78 is 65.9. The molecule has 0 radical (unpaired) electrons. The monoisotopic (exact) mass is 834 g/mol. The smallest absolute Gasteiger partial charge is 0.378 e. The Morgan fingerprint density at radius 2 is 1.10 bits per heavy atom. The maximum atomic E-state index is 13.9. The molecule has 6 aromatic carbocycles. The number of hydrogen-bond acceptors (Lipinski definition) is 11. The molecule has 13 nitrogen and oxygen atoms in total. The summed E-state index contributed by atoms with van der Waals surface area (Å²) >= 11 is 6.42. The van der Waals surface area contributed by atoms with Gasteiger partial charge in [-0.05, 0) is 84.5 Å². The van der Waals surface area contributed by atoms with E-state index in [9.17, 15) is 31.8 Å². The third kappa shape index (κ3) is 5.97. The summed E-state index contributed by atoms with van der Waals surface area (Å²) in [6.07, 6.45) is 0. The maximum absolute atomic E-state index is 13.9. The Morgan fingerprint density at radius 1 is 0.620 bits per heavy atom. The fraction of sp³-hybridized carbons (Fsp3) is 0. The minimum atomic E-state index is -4.90. The second kappa shape index (κ2) is 13.0. The second-order valence-electron chi connectivity index (χ2n) is 10.4. The fourth-order valence-electron chi connectivity index (χ4n) is 5.14. The van der Waals surface area contributed by atoms with Crippen LogP contribution in [0.25, 0.3) is 31.5 Å². The molecule has 0 saturated carbocycles. The predicted octanol–water partition coefficient (Wildman–Crippen LogP) is 7.40. The molecule has 50 heavy (non-hydrogen) atoms. The van der Waals surface area contributed by atoms with Crippen LogP contribution in [-0.2, 0) is 20.2 Å². The molecule has 0 saturated heterocycles. The molecule has 0 aromatic heterocycles. The highest BCUT2D eigenvalue weighted by atomic mass is 79.9. The predicted molar refractivity (Wildman–Crippen MR) is 184 cm³/mol. The number of hydrogen-bond donors (Lipinski definition) is 0. The molecule has 0 spiro atoms. The first kappa shape index (κ1) is 34.3. The Bertz CT molecular complexity index is 2730. The topological polar surface area (TPSA) is 206 Å². The van der Waals surface area contributed by atoms with Crippen LogP contribution in [0, 0.1) is 10.8 Å². The molecule has 0 unspecified atom stereocenters. The van der Waals surface area contributed by atoms with Gasteiger partial charge in [0.1, 0.15) is 14.3 Å². The first-order valence-electron chi connectivity index (χ1n) is 14.0. The zero-order valence-corrected chi connectivity index (χ0v) is 29.6. The Kier molecular flexibility index (Phi) is 8.93. The van der Waals surface area contributed by atoms with Gasteiger partial charge in [0.05, 0.1) is 10.0 Å². The van der Waals surface area contributed by atoms with E-state index in [4.69, 9.17) is 19.2 Å². The van der Waals surface area contributed by atoms with Crippen LogP contribution in [0.2, 0.25) is 0 Å². The SMILES string of the molecule is N#[N+]c1ccc2c(S(=O)(=O)Oc3c(Br)cc(C(=O)c4ccccc4)c(OS(=O)(=O)c4cccc5c([O-])c([N+]#N)ccc45)c3Br)cccc2c1[O-]. The van der Waals surface area contributed by atoms with Crippen LogP contribution in [0.15, 0.2) is 116 Å². The number of nitrogens with zero attached hydrogens (tertiary/aromatic N) is 4. The third-order valence-electron chi connectivity index (χ3n) is 7.45. The van der Waals surface area contributed by atoms with Crippen LogP contribution in [0.3, 0.4) is 0 Å². The number of diazo groups is 2. The average molecular weight is 836 g/mol. The van der Waals surface area contributed by atoms with E-state index in [1.165, 1.54) is 54.6 Å². The third-order valence-corrected chi connectivity index (χ3v) is 11.3. The molecule has 0 aliphatic heterocycles. The van der Waals surface area contributed by atoms with E-state index >= 15 is 0 Å². The lowest BCUT2D eigenvalue weighted by atomic mass is 10.0. The summed E-state index contributed by atoms with van der Waals surface area (Å²) in [7, 11) is -9.71. The molecule has 0 amide bonds. The molecular weight excluding hydrogens is 820 g/mol. The summed E-state index contributed by atoms with van der Waals surface area (Å²) in [6, 6.07) is 21.2. The summed E-state index contributed by atoms with van der Waals surface area (Å²) in [4.78, 5) is 18.7. The van der Waals surface area contributed by atoms with E-state index in [1.807, 2.05) is 0 Å². The van der Waals surface area contributed by atoms with Crippen molar-refractivity contribution in [2.75, 3.05) is 0 Å². The minimum absolute atomic E-state index is 0.0575. The van der Waals surface area contributed by atoms with Crippen molar-refractivity contribution in [1.82, 2.24) is 0 Å². The summed E-state index contributed by atoms with van der Waals surface area (Å²) in [5.74, 6) is -3.37. The summed E-state index contributed by atoms with van der Waals surface area (Å²) in [6.45, 7) is 0. The molecule has 0 fully saturated rings. The van der Waals surface area contributed by atoms with Crippen molar-refractivity contribution in [3.8, 4) is 23.0 Å². The van der Waals surface area contributed by atoms with Crippen molar-refractivity contribution in [2.24, 2.45) is 0 Å². The lowest BCUT2D eigenvalue weighted by Gasteiger charge is -2.19. The van der Waals surface area contributed by atoms with Crippen LogP contribution in [0.1, 0.15) is 15.9 Å². The van der Waals surface area contributed by atoms with Gasteiger partial charge in [-0.1, -0.05) is 54.6 Å². The van der Waals surface area contributed by atoms with E-state index in [2.05, 4.69) is 41.8 Å². The van der Waals surface area contributed by atoms with Gasteiger partial charge >= 0.3 is 31.6 Å². The van der Waals surface area contributed by atoms with Gasteiger partial charge in [-0.15, -0.1) is 0 Å². The highest BCUT2D eigenvalue weighted by Gasteiger charge is 2.32. The fourth-order valence-corrected chi connectivity index (χ4v) is 9.17. The lowest BCUT2D eigenvalue weighted by Crippen LogP contribution is -2.16. The average Bonchev–Trinajstić information content (AvgIpc) is 3.11. The second-order valence-corrected chi connectivity index (χ2v) is 15.1. The van der Waals surface area contributed by atoms with Gasteiger partial charge in [-0.25, -0.2) is 0 Å². The van der Waals surface area contributed by atoms with Crippen LogP contribution >= 0.6 is 31.9 Å². The number of carbonyl (C=O) groups is 1. The Balaban J connectivity index is 1.52. The van der Waals surface area contributed by atoms with Gasteiger partial charge in [-0.2, -0.15) is 16.8 Å². The number of fused-ring (bicyclic) bond motifs is 2. The van der Waals surface area contributed by atoms with Gasteiger partial charge < -0.3 is 18.6 Å². The maximum Gasteiger partial charge on any atom is 0.378 e. The van der Waals surface area contributed by atoms with E-state index in [0.29, 0.717) is 0 Å². The van der Waals surface area contributed by atoms with Gasteiger partial charge in [0.15, 0.2) is 27.2 Å². The summed E-state index contributed by atoms with van der Waals surface area (Å²) in [5.41, 5.74) is -0.837. The molecule has 0 bridgehead atoms. The normalized spacial score (nSPS) is 11.5. The van der Waals surface area contributed by atoms with E-state index in [0.717, 1.165) is 24.3 Å². The zero-order chi connectivity index (χ0) is 36.0. The van der Waals surface area contributed by atoms with E-state index in [-0.39, 0.29) is 48.5 Å². The van der Waals surface area contributed by atoms with E-state index in [1.54, 1.807) is 18.2 Å². The molecule has 0 heterocycles. The largest absolute Gasteiger partial charge is 0.867 e. The quantitative estimate of drug-likeness (QED) is 0.0839. The molecule has 6 aromatic rings. The van der Waals surface area contributed by atoms with Crippen LogP contribution in [0.4, 0.5) is 11.4 Å². The Hall–Kier alpha value is -5.59. The summed E-state index contributed by atoms with van der Waals surface area (Å²) in [5, 5.41) is 43.4. The van der Waals surface area contributed by atoms with Crippen LogP contribution < -0.4 is 18.6 Å². The van der Waals surface area contributed by atoms with Crippen molar-refractivity contribution in [3.63, 3.8) is 0 Å². The standard InChI is InChI=1S/C33H16Br2N4O9S2/c34-23-16-22(29(40)17-6-2-1-3-7-17)32(47-49(43,44)26-10-4-8-20-18(26)12-14-24(38-36)30(20)41)28(35)33(23)48-50(45,46)27-11-5-9-21-19(27)13-15-25(39-37)31(21)42/h1-16H. The van der Waals surface area contributed by atoms with Crippen molar-refractivity contribution >= 4 is 90.8 Å².